The lowest BCUT2D eigenvalue weighted by Crippen LogP contribution is -2.33. The molecule has 0 bridgehead atoms. The molecule has 5 heteroatoms. The molecule has 1 aromatic heterocycles. The molecule has 0 saturated carbocycles. The zero-order valence-electron chi connectivity index (χ0n) is 12.6. The van der Waals surface area contributed by atoms with E-state index in [0.717, 1.165) is 10.4 Å². The van der Waals surface area contributed by atoms with E-state index >= 15 is 0 Å². The molecule has 0 radical (unpaired) electrons. The molecule has 1 amide bonds. The number of aliphatic carboxylic acids is 1. The van der Waals surface area contributed by atoms with E-state index in [2.05, 4.69) is 5.32 Å². The molecular formula is C17H19NO3S. The van der Waals surface area contributed by atoms with Gasteiger partial charge in [-0.15, -0.1) is 11.3 Å². The van der Waals surface area contributed by atoms with E-state index in [-0.39, 0.29) is 12.3 Å². The molecule has 2 N–H and O–H groups in total. The van der Waals surface area contributed by atoms with Crippen LogP contribution >= 0.6 is 11.3 Å². The maximum absolute atomic E-state index is 12.5. The largest absolute Gasteiger partial charge is 0.481 e. The summed E-state index contributed by atoms with van der Waals surface area (Å²) in [6.07, 6.45) is 0.533. The van der Waals surface area contributed by atoms with Gasteiger partial charge in [0.05, 0.1) is 5.41 Å². The first kappa shape index (κ1) is 16.2. The number of carbonyl (C=O) groups is 2. The van der Waals surface area contributed by atoms with Gasteiger partial charge in [-0.25, -0.2) is 0 Å². The summed E-state index contributed by atoms with van der Waals surface area (Å²) in [5, 5.41) is 13.6. The predicted molar refractivity (Wildman–Crippen MR) is 88.4 cm³/mol. The van der Waals surface area contributed by atoms with Crippen LogP contribution in [-0.4, -0.2) is 17.0 Å². The predicted octanol–water partition coefficient (Wildman–Crippen LogP) is 3.68. The number of carboxylic acids is 1. The maximum Gasteiger partial charge on any atom is 0.303 e. The van der Waals surface area contributed by atoms with Crippen molar-refractivity contribution in [1.29, 1.82) is 0 Å². The minimum absolute atomic E-state index is 0.0784. The number of aryl methyl sites for hydroxylation is 1. The summed E-state index contributed by atoms with van der Waals surface area (Å²) in [6, 6.07) is 11.2. The van der Waals surface area contributed by atoms with Crippen LogP contribution < -0.4 is 5.32 Å². The molecule has 0 spiro atoms. The highest BCUT2D eigenvalue weighted by Crippen LogP contribution is 2.29. The number of hydrogen-bond donors (Lipinski definition) is 2. The van der Waals surface area contributed by atoms with Gasteiger partial charge in [0.15, 0.2) is 0 Å². The number of amides is 1. The monoisotopic (exact) mass is 317 g/mol. The van der Waals surface area contributed by atoms with Gasteiger partial charge >= 0.3 is 5.97 Å². The molecule has 2 aromatic rings. The van der Waals surface area contributed by atoms with E-state index in [9.17, 15) is 9.59 Å². The molecule has 0 aliphatic rings. The van der Waals surface area contributed by atoms with Gasteiger partial charge in [-0.2, -0.15) is 0 Å². The van der Waals surface area contributed by atoms with Gasteiger partial charge in [0.2, 0.25) is 5.91 Å². The number of carbonyl (C=O) groups excluding carboxylic acids is 1. The second kappa shape index (κ2) is 6.75. The van der Waals surface area contributed by atoms with E-state index in [1.54, 1.807) is 11.3 Å². The Balaban J connectivity index is 2.08. The topological polar surface area (TPSA) is 66.4 Å². The third-order valence-electron chi connectivity index (χ3n) is 3.52. The second-order valence-electron chi connectivity index (χ2n) is 5.65. The van der Waals surface area contributed by atoms with Crippen molar-refractivity contribution in [2.24, 2.45) is 0 Å². The Morgan fingerprint density at radius 1 is 1.23 bits per heavy atom. The van der Waals surface area contributed by atoms with Crippen molar-refractivity contribution in [3.8, 4) is 0 Å². The van der Waals surface area contributed by atoms with Crippen LogP contribution in [0, 0.1) is 0 Å². The van der Waals surface area contributed by atoms with Crippen molar-refractivity contribution in [2.45, 2.75) is 32.1 Å². The number of anilines is 1. The van der Waals surface area contributed by atoms with E-state index < -0.39 is 11.4 Å². The Morgan fingerprint density at radius 2 is 2.00 bits per heavy atom. The lowest BCUT2D eigenvalue weighted by atomic mass is 9.90. The molecule has 4 nitrogen and oxygen atoms in total. The van der Waals surface area contributed by atoms with Crippen LogP contribution in [-0.2, 0) is 21.4 Å². The number of thiophene rings is 1. The molecule has 22 heavy (non-hydrogen) atoms. The Kier molecular flexibility index (Phi) is 4.98. The quantitative estimate of drug-likeness (QED) is 0.854. The van der Waals surface area contributed by atoms with Crippen LogP contribution in [0.15, 0.2) is 41.8 Å². The molecule has 0 aliphatic heterocycles. The highest BCUT2D eigenvalue weighted by atomic mass is 32.1. The number of carboxylic acid groups (broad SMARTS) is 1. The lowest BCUT2D eigenvalue weighted by Gasteiger charge is -2.22. The molecule has 0 saturated heterocycles. The van der Waals surface area contributed by atoms with Crippen LogP contribution in [0.1, 0.15) is 30.7 Å². The van der Waals surface area contributed by atoms with E-state index in [1.165, 1.54) is 0 Å². The summed E-state index contributed by atoms with van der Waals surface area (Å²) >= 11 is 1.56. The summed E-state index contributed by atoms with van der Waals surface area (Å²) in [4.78, 5) is 24.1. The summed E-state index contributed by atoms with van der Waals surface area (Å²) in [6.45, 7) is 3.78. The standard InChI is InChI=1S/C17H19NO3S/c1-17(2,14-7-4-10-22-14)16(21)18-13-6-3-5-12(11-13)8-9-15(19)20/h3-7,10-11H,8-9H2,1-2H3,(H,18,21)(H,19,20). The average Bonchev–Trinajstić information content (AvgIpc) is 3.00. The Bertz CT molecular complexity index is 662. The highest BCUT2D eigenvalue weighted by Gasteiger charge is 2.30. The van der Waals surface area contributed by atoms with Crippen molar-refractivity contribution >= 4 is 28.9 Å². The first-order chi connectivity index (χ1) is 10.4. The van der Waals surface area contributed by atoms with Crippen LogP contribution in [0.2, 0.25) is 0 Å². The van der Waals surface area contributed by atoms with Gasteiger partial charge in [0, 0.05) is 17.0 Å². The molecule has 0 fully saturated rings. The number of benzene rings is 1. The van der Waals surface area contributed by atoms with Crippen molar-refractivity contribution in [2.75, 3.05) is 5.32 Å². The molecule has 116 valence electrons. The minimum atomic E-state index is -0.826. The smallest absolute Gasteiger partial charge is 0.303 e. The normalized spacial score (nSPS) is 11.2. The van der Waals surface area contributed by atoms with Crippen molar-refractivity contribution in [3.05, 3.63) is 52.2 Å². The first-order valence-corrected chi connectivity index (χ1v) is 7.94. The van der Waals surface area contributed by atoms with Crippen molar-refractivity contribution in [1.82, 2.24) is 0 Å². The maximum atomic E-state index is 12.5. The summed E-state index contributed by atoms with van der Waals surface area (Å²) in [7, 11) is 0. The Morgan fingerprint density at radius 3 is 2.64 bits per heavy atom. The zero-order chi connectivity index (χ0) is 16.2. The van der Waals surface area contributed by atoms with E-state index in [1.807, 2.05) is 55.6 Å². The first-order valence-electron chi connectivity index (χ1n) is 7.06. The highest BCUT2D eigenvalue weighted by molar-refractivity contribution is 7.10. The van der Waals surface area contributed by atoms with Crippen LogP contribution in [0.25, 0.3) is 0 Å². The third kappa shape index (κ3) is 3.95. The molecular weight excluding hydrogens is 298 g/mol. The Labute approximate surface area is 133 Å². The number of hydrogen-bond acceptors (Lipinski definition) is 3. The fraction of sp³-hybridized carbons (Fsp3) is 0.294. The van der Waals surface area contributed by atoms with Crippen molar-refractivity contribution in [3.63, 3.8) is 0 Å². The van der Waals surface area contributed by atoms with E-state index in [0.29, 0.717) is 12.1 Å². The summed E-state index contributed by atoms with van der Waals surface area (Å²) in [5.41, 5.74) is 0.984. The second-order valence-corrected chi connectivity index (χ2v) is 6.60. The fourth-order valence-corrected chi connectivity index (χ4v) is 2.94. The van der Waals surface area contributed by atoms with Crippen molar-refractivity contribution < 1.29 is 14.7 Å². The van der Waals surface area contributed by atoms with E-state index in [4.69, 9.17) is 5.11 Å². The molecule has 1 heterocycles. The van der Waals surface area contributed by atoms with Crippen LogP contribution in [0.5, 0.6) is 0 Å². The summed E-state index contributed by atoms with van der Waals surface area (Å²) in [5.74, 6) is -0.904. The summed E-state index contributed by atoms with van der Waals surface area (Å²) < 4.78 is 0. The molecule has 0 atom stereocenters. The zero-order valence-corrected chi connectivity index (χ0v) is 13.4. The third-order valence-corrected chi connectivity index (χ3v) is 4.71. The van der Waals surface area contributed by atoms with Crippen LogP contribution in [0.3, 0.4) is 0 Å². The van der Waals surface area contributed by atoms with Gasteiger partial charge in [-0.3, -0.25) is 9.59 Å². The van der Waals surface area contributed by atoms with Gasteiger partial charge in [0.1, 0.15) is 0 Å². The SMILES string of the molecule is CC(C)(C(=O)Nc1cccc(CCC(=O)O)c1)c1cccs1. The Hall–Kier alpha value is -2.14. The molecule has 0 unspecified atom stereocenters. The average molecular weight is 317 g/mol. The van der Waals surface area contributed by atoms with Gasteiger partial charge in [-0.05, 0) is 49.4 Å². The number of rotatable bonds is 6. The molecule has 0 aliphatic carbocycles. The molecule has 1 aromatic carbocycles. The van der Waals surface area contributed by atoms with Crippen LogP contribution in [0.4, 0.5) is 5.69 Å². The van der Waals surface area contributed by atoms with Gasteiger partial charge in [-0.1, -0.05) is 18.2 Å². The van der Waals surface area contributed by atoms with Gasteiger partial charge in [0.25, 0.3) is 0 Å². The minimum Gasteiger partial charge on any atom is -0.481 e. The lowest BCUT2D eigenvalue weighted by molar-refractivity contribution is -0.137. The fourth-order valence-electron chi connectivity index (χ4n) is 2.09. The van der Waals surface area contributed by atoms with Gasteiger partial charge < -0.3 is 10.4 Å². The number of nitrogens with one attached hydrogen (secondary N) is 1. The molecule has 2 rings (SSSR count).